The second kappa shape index (κ2) is 4.87. The molecule has 1 aliphatic heterocycles. The van der Waals surface area contributed by atoms with Crippen LogP contribution in [0.15, 0.2) is 12.3 Å². The Morgan fingerprint density at radius 2 is 1.92 bits per heavy atom. The fourth-order valence-electron chi connectivity index (χ4n) is 1.29. The van der Waals surface area contributed by atoms with Crippen molar-refractivity contribution in [2.24, 2.45) is 0 Å². The number of nitrogens with zero attached hydrogens (tertiary/aromatic N) is 2. The second-order valence-corrected chi connectivity index (χ2v) is 3.25. The molecule has 1 fully saturated rings. The van der Waals surface area contributed by atoms with Crippen LogP contribution >= 0.6 is 0 Å². The molecule has 0 saturated carbocycles. The lowest BCUT2D eigenvalue weighted by atomic mass is 10.3. The maximum Gasteiger partial charge on any atom is 0.248 e. The van der Waals surface area contributed by atoms with Crippen molar-refractivity contribution in [3.05, 3.63) is 12.3 Å². The standard InChI is InChI=1S/C9H17N3O/c1-10-4-3-9(13)12-7-5-11(2)6-8-12/h3-4,10H,5-8H2,1-2H3/b4-3+. The minimum absolute atomic E-state index is 0.0995. The Labute approximate surface area is 79.2 Å². The van der Waals surface area contributed by atoms with Gasteiger partial charge in [0.25, 0.3) is 0 Å². The average Bonchev–Trinajstić information content (AvgIpc) is 2.15. The van der Waals surface area contributed by atoms with Crippen LogP contribution in [0.4, 0.5) is 0 Å². The summed E-state index contributed by atoms with van der Waals surface area (Å²) in [7, 11) is 3.86. The van der Waals surface area contributed by atoms with E-state index in [2.05, 4.69) is 17.3 Å². The molecule has 1 saturated heterocycles. The van der Waals surface area contributed by atoms with Crippen LogP contribution < -0.4 is 5.32 Å². The summed E-state index contributed by atoms with van der Waals surface area (Å²) in [5, 5.41) is 2.81. The first kappa shape index (κ1) is 10.1. The second-order valence-electron chi connectivity index (χ2n) is 3.25. The lowest BCUT2D eigenvalue weighted by Gasteiger charge is -2.31. The highest BCUT2D eigenvalue weighted by Crippen LogP contribution is 1.99. The monoisotopic (exact) mass is 183 g/mol. The highest BCUT2D eigenvalue weighted by molar-refractivity contribution is 5.87. The van der Waals surface area contributed by atoms with Gasteiger partial charge in [0.2, 0.25) is 5.91 Å². The summed E-state index contributed by atoms with van der Waals surface area (Å²) in [5.41, 5.74) is 0. The number of likely N-dealkylation sites (N-methyl/N-ethyl adjacent to an activating group) is 1. The maximum atomic E-state index is 11.4. The Morgan fingerprint density at radius 1 is 1.31 bits per heavy atom. The quantitative estimate of drug-likeness (QED) is 0.586. The fraction of sp³-hybridized carbons (Fsp3) is 0.667. The van der Waals surface area contributed by atoms with Gasteiger partial charge in [-0.2, -0.15) is 0 Å². The molecular formula is C9H17N3O. The van der Waals surface area contributed by atoms with Crippen LogP contribution in [0.3, 0.4) is 0 Å². The molecule has 13 heavy (non-hydrogen) atoms. The van der Waals surface area contributed by atoms with E-state index < -0.39 is 0 Å². The number of piperazine rings is 1. The molecule has 4 heteroatoms. The van der Waals surface area contributed by atoms with Crippen LogP contribution in [0.1, 0.15) is 0 Å². The van der Waals surface area contributed by atoms with Gasteiger partial charge in [-0.3, -0.25) is 4.79 Å². The number of hydrogen-bond acceptors (Lipinski definition) is 3. The first-order valence-electron chi connectivity index (χ1n) is 4.55. The third kappa shape index (κ3) is 3.06. The summed E-state index contributed by atoms with van der Waals surface area (Å²) in [4.78, 5) is 15.5. The number of rotatable bonds is 2. The average molecular weight is 183 g/mol. The molecule has 1 heterocycles. The SMILES string of the molecule is CN/C=C/C(=O)N1CCN(C)CC1. The summed E-state index contributed by atoms with van der Waals surface area (Å²) in [6.45, 7) is 3.62. The molecule has 1 rings (SSSR count). The fourth-order valence-corrected chi connectivity index (χ4v) is 1.29. The summed E-state index contributed by atoms with van der Waals surface area (Å²) in [6, 6.07) is 0. The Bertz CT molecular complexity index is 195. The highest BCUT2D eigenvalue weighted by atomic mass is 16.2. The molecule has 0 aromatic carbocycles. The third-order valence-corrected chi connectivity index (χ3v) is 2.21. The van der Waals surface area contributed by atoms with E-state index in [1.165, 1.54) is 0 Å². The number of hydrogen-bond donors (Lipinski definition) is 1. The van der Waals surface area contributed by atoms with E-state index in [0.29, 0.717) is 0 Å². The minimum Gasteiger partial charge on any atom is -0.394 e. The van der Waals surface area contributed by atoms with Gasteiger partial charge in [-0.15, -0.1) is 0 Å². The Hall–Kier alpha value is -1.03. The van der Waals surface area contributed by atoms with Crippen molar-refractivity contribution in [2.75, 3.05) is 40.3 Å². The zero-order valence-corrected chi connectivity index (χ0v) is 8.29. The van der Waals surface area contributed by atoms with E-state index in [9.17, 15) is 4.79 Å². The smallest absolute Gasteiger partial charge is 0.248 e. The largest absolute Gasteiger partial charge is 0.394 e. The van der Waals surface area contributed by atoms with Crippen LogP contribution in [0.5, 0.6) is 0 Å². The zero-order chi connectivity index (χ0) is 9.68. The van der Waals surface area contributed by atoms with Gasteiger partial charge >= 0.3 is 0 Å². The summed E-state index contributed by atoms with van der Waals surface area (Å²) in [6.07, 6.45) is 3.24. The molecular weight excluding hydrogens is 166 g/mol. The van der Waals surface area contributed by atoms with Gasteiger partial charge in [0.15, 0.2) is 0 Å². The van der Waals surface area contributed by atoms with E-state index in [1.54, 1.807) is 19.3 Å². The van der Waals surface area contributed by atoms with Crippen molar-refractivity contribution in [2.45, 2.75) is 0 Å². The summed E-state index contributed by atoms with van der Waals surface area (Å²) >= 11 is 0. The van der Waals surface area contributed by atoms with Crippen molar-refractivity contribution < 1.29 is 4.79 Å². The topological polar surface area (TPSA) is 35.6 Å². The van der Waals surface area contributed by atoms with Gasteiger partial charge in [-0.1, -0.05) is 0 Å². The molecule has 1 N–H and O–H groups in total. The first-order valence-corrected chi connectivity index (χ1v) is 4.55. The van der Waals surface area contributed by atoms with E-state index in [0.717, 1.165) is 26.2 Å². The van der Waals surface area contributed by atoms with Crippen molar-refractivity contribution in [3.8, 4) is 0 Å². The number of nitrogens with one attached hydrogen (secondary N) is 1. The predicted octanol–water partition coefficient (Wildman–Crippen LogP) is -0.506. The molecule has 1 aliphatic rings. The summed E-state index contributed by atoms with van der Waals surface area (Å²) in [5.74, 6) is 0.0995. The van der Waals surface area contributed by atoms with Gasteiger partial charge < -0.3 is 15.1 Å². The molecule has 4 nitrogen and oxygen atoms in total. The molecule has 0 spiro atoms. The maximum absolute atomic E-state index is 11.4. The Kier molecular flexibility index (Phi) is 3.76. The van der Waals surface area contributed by atoms with Crippen LogP contribution in [-0.4, -0.2) is 56.0 Å². The highest BCUT2D eigenvalue weighted by Gasteiger charge is 2.16. The lowest BCUT2D eigenvalue weighted by molar-refractivity contribution is -0.127. The van der Waals surface area contributed by atoms with Gasteiger partial charge in [0.05, 0.1) is 0 Å². The molecule has 0 bridgehead atoms. The Balaban J connectivity index is 2.36. The van der Waals surface area contributed by atoms with Crippen LogP contribution in [-0.2, 0) is 4.79 Å². The number of carbonyl (C=O) groups excluding carboxylic acids is 1. The van der Waals surface area contributed by atoms with Crippen LogP contribution in [0.25, 0.3) is 0 Å². The van der Waals surface area contributed by atoms with E-state index in [1.807, 2.05) is 4.90 Å². The van der Waals surface area contributed by atoms with Crippen LogP contribution in [0.2, 0.25) is 0 Å². The van der Waals surface area contributed by atoms with E-state index in [-0.39, 0.29) is 5.91 Å². The molecule has 0 aromatic rings. The lowest BCUT2D eigenvalue weighted by Crippen LogP contribution is -2.46. The van der Waals surface area contributed by atoms with Crippen molar-refractivity contribution in [1.82, 2.24) is 15.1 Å². The van der Waals surface area contributed by atoms with Gasteiger partial charge in [0.1, 0.15) is 0 Å². The summed E-state index contributed by atoms with van der Waals surface area (Å²) < 4.78 is 0. The molecule has 1 amide bonds. The number of amides is 1. The zero-order valence-electron chi connectivity index (χ0n) is 8.29. The molecule has 0 aliphatic carbocycles. The molecule has 0 aromatic heterocycles. The van der Waals surface area contributed by atoms with Crippen molar-refractivity contribution >= 4 is 5.91 Å². The number of carbonyl (C=O) groups is 1. The van der Waals surface area contributed by atoms with Crippen molar-refractivity contribution in [3.63, 3.8) is 0 Å². The van der Waals surface area contributed by atoms with Gasteiger partial charge in [-0.25, -0.2) is 0 Å². The molecule has 74 valence electrons. The van der Waals surface area contributed by atoms with Gasteiger partial charge in [-0.05, 0) is 7.05 Å². The molecule has 0 radical (unpaired) electrons. The van der Waals surface area contributed by atoms with Gasteiger partial charge in [0, 0.05) is 45.5 Å². The predicted molar refractivity (Wildman–Crippen MR) is 52.3 cm³/mol. The minimum atomic E-state index is 0.0995. The van der Waals surface area contributed by atoms with E-state index in [4.69, 9.17) is 0 Å². The van der Waals surface area contributed by atoms with Crippen molar-refractivity contribution in [1.29, 1.82) is 0 Å². The molecule has 0 unspecified atom stereocenters. The third-order valence-electron chi connectivity index (χ3n) is 2.21. The first-order chi connectivity index (χ1) is 6.24. The normalized spacial score (nSPS) is 19.4. The van der Waals surface area contributed by atoms with E-state index >= 15 is 0 Å². The Morgan fingerprint density at radius 3 is 2.46 bits per heavy atom. The van der Waals surface area contributed by atoms with Crippen LogP contribution in [0, 0.1) is 0 Å². The molecule has 0 atom stereocenters.